The molecule has 0 bridgehead atoms. The van der Waals surface area contributed by atoms with E-state index in [2.05, 4.69) is 15.1 Å². The van der Waals surface area contributed by atoms with E-state index in [-0.39, 0.29) is 11.2 Å². The van der Waals surface area contributed by atoms with Gasteiger partial charge in [0.15, 0.2) is 0 Å². The molecule has 5 aromatic rings. The fourth-order valence-corrected chi connectivity index (χ4v) is 3.87. The number of nitro groups is 1. The first-order chi connectivity index (χ1) is 16.0. The van der Waals surface area contributed by atoms with Gasteiger partial charge < -0.3 is 4.98 Å². The van der Waals surface area contributed by atoms with Gasteiger partial charge in [-0.05, 0) is 53.1 Å². The Kier molecular flexibility index (Phi) is 5.20. The number of hydrogen-bond acceptors (Lipinski definition) is 5. The molecule has 0 unspecified atom stereocenters. The number of nitrogens with zero attached hydrogens (tertiary/aromatic N) is 4. The van der Waals surface area contributed by atoms with E-state index in [1.807, 2.05) is 24.3 Å². The van der Waals surface area contributed by atoms with Crippen molar-refractivity contribution in [3.05, 3.63) is 116 Å². The van der Waals surface area contributed by atoms with Crippen molar-refractivity contribution in [2.45, 2.75) is 6.42 Å². The zero-order valence-corrected chi connectivity index (χ0v) is 17.9. The van der Waals surface area contributed by atoms with Crippen molar-refractivity contribution < 1.29 is 4.92 Å². The molecule has 0 atom stereocenters. The summed E-state index contributed by atoms with van der Waals surface area (Å²) in [7, 11) is 0. The summed E-state index contributed by atoms with van der Waals surface area (Å²) in [5.41, 5.74) is 4.75. The summed E-state index contributed by atoms with van der Waals surface area (Å²) in [4.78, 5) is 30.9. The first kappa shape index (κ1) is 20.6. The number of fused-ring (bicyclic) bond motifs is 1. The van der Waals surface area contributed by atoms with Crippen LogP contribution in [0.4, 0.5) is 5.69 Å². The van der Waals surface area contributed by atoms with Gasteiger partial charge in [0, 0.05) is 47.6 Å². The second kappa shape index (κ2) is 8.33. The van der Waals surface area contributed by atoms with E-state index in [4.69, 9.17) is 11.6 Å². The maximum atomic E-state index is 13.0. The molecule has 0 aliphatic rings. The summed E-state index contributed by atoms with van der Waals surface area (Å²) in [5.74, 6) is 0. The van der Waals surface area contributed by atoms with Crippen LogP contribution >= 0.6 is 11.6 Å². The van der Waals surface area contributed by atoms with Gasteiger partial charge in [0.05, 0.1) is 16.3 Å². The zero-order valence-electron chi connectivity index (χ0n) is 17.1. The number of pyridine rings is 1. The first-order valence-corrected chi connectivity index (χ1v) is 10.4. The van der Waals surface area contributed by atoms with E-state index in [9.17, 15) is 14.9 Å². The molecule has 33 heavy (non-hydrogen) atoms. The number of aromatic nitrogens is 4. The van der Waals surface area contributed by atoms with Crippen molar-refractivity contribution >= 4 is 22.9 Å². The van der Waals surface area contributed by atoms with Gasteiger partial charge in [-0.15, -0.1) is 0 Å². The Hall–Kier alpha value is -4.30. The predicted octanol–water partition coefficient (Wildman–Crippen LogP) is 4.90. The van der Waals surface area contributed by atoms with E-state index in [1.54, 1.807) is 36.7 Å². The van der Waals surface area contributed by atoms with Crippen LogP contribution in [0.5, 0.6) is 0 Å². The maximum absolute atomic E-state index is 13.0. The molecular formula is C24H16ClN5O3. The van der Waals surface area contributed by atoms with Crippen molar-refractivity contribution in [2.24, 2.45) is 0 Å². The molecular weight excluding hydrogens is 442 g/mol. The summed E-state index contributed by atoms with van der Waals surface area (Å²) in [5, 5.41) is 16.2. The highest BCUT2D eigenvalue weighted by molar-refractivity contribution is 6.30. The summed E-state index contributed by atoms with van der Waals surface area (Å²) in [6.45, 7) is 0. The number of non-ortho nitro benzene ring substituents is 1. The molecule has 162 valence electrons. The fourth-order valence-electron chi connectivity index (χ4n) is 3.74. The largest absolute Gasteiger partial charge is 0.339 e. The third kappa shape index (κ3) is 3.99. The Morgan fingerprint density at radius 3 is 2.30 bits per heavy atom. The second-order valence-electron chi connectivity index (χ2n) is 7.45. The Bertz CT molecular complexity index is 1530. The van der Waals surface area contributed by atoms with Gasteiger partial charge in [-0.25, -0.2) is 0 Å². The minimum Gasteiger partial charge on any atom is -0.339 e. The molecule has 0 saturated carbocycles. The molecule has 0 aliphatic heterocycles. The predicted molar refractivity (Wildman–Crippen MR) is 125 cm³/mol. The van der Waals surface area contributed by atoms with Gasteiger partial charge in [0.25, 0.3) is 11.2 Å². The van der Waals surface area contributed by atoms with Crippen molar-refractivity contribution in [1.29, 1.82) is 0 Å². The lowest BCUT2D eigenvalue weighted by Gasteiger charge is -2.06. The molecule has 1 N–H and O–H groups in total. The van der Waals surface area contributed by atoms with Crippen molar-refractivity contribution in [3.63, 3.8) is 0 Å². The van der Waals surface area contributed by atoms with Crippen LogP contribution < -0.4 is 5.56 Å². The van der Waals surface area contributed by atoms with Gasteiger partial charge in [0.2, 0.25) is 0 Å². The Balaban J connectivity index is 1.71. The normalized spacial score (nSPS) is 11.1. The quantitative estimate of drug-likeness (QED) is 0.298. The number of benzene rings is 2. The molecule has 0 fully saturated rings. The Morgan fingerprint density at radius 1 is 0.970 bits per heavy atom. The topological polar surface area (TPSA) is 106 Å². The molecule has 3 heterocycles. The fraction of sp³-hybridized carbons (Fsp3) is 0.0417. The molecule has 2 aromatic carbocycles. The summed E-state index contributed by atoms with van der Waals surface area (Å²) in [6, 6.07) is 18.6. The van der Waals surface area contributed by atoms with Crippen molar-refractivity contribution in [3.8, 4) is 22.4 Å². The van der Waals surface area contributed by atoms with E-state index in [1.165, 1.54) is 22.7 Å². The van der Waals surface area contributed by atoms with Gasteiger partial charge >= 0.3 is 0 Å². The van der Waals surface area contributed by atoms with Gasteiger partial charge in [-0.3, -0.25) is 19.9 Å². The molecule has 9 heteroatoms. The zero-order chi connectivity index (χ0) is 22.9. The lowest BCUT2D eigenvalue weighted by atomic mass is 10.0. The number of nitrogens with one attached hydrogen (secondary N) is 1. The van der Waals surface area contributed by atoms with Crippen LogP contribution in [0, 0.1) is 10.1 Å². The third-order valence-electron chi connectivity index (χ3n) is 5.33. The number of halogens is 1. The highest BCUT2D eigenvalue weighted by Crippen LogP contribution is 2.31. The first-order valence-electron chi connectivity index (χ1n) is 10.0. The van der Waals surface area contributed by atoms with Gasteiger partial charge in [0.1, 0.15) is 5.65 Å². The van der Waals surface area contributed by atoms with Crippen LogP contribution in [-0.2, 0) is 6.42 Å². The maximum Gasteiger partial charge on any atom is 0.274 e. The van der Waals surface area contributed by atoms with Gasteiger partial charge in [-0.1, -0.05) is 23.7 Å². The van der Waals surface area contributed by atoms with E-state index in [0.717, 1.165) is 22.4 Å². The number of rotatable bonds is 5. The van der Waals surface area contributed by atoms with E-state index >= 15 is 0 Å². The van der Waals surface area contributed by atoms with E-state index in [0.29, 0.717) is 28.3 Å². The van der Waals surface area contributed by atoms with Crippen LogP contribution in [0.1, 0.15) is 11.3 Å². The smallest absolute Gasteiger partial charge is 0.274 e. The lowest BCUT2D eigenvalue weighted by Crippen LogP contribution is -2.14. The standard InChI is InChI=1S/C24H16ClN5O3/c25-18-5-1-17(2-6-18)23-21(13-15-9-11-26-12-10-15)28-29-22(31)14-20(27-24(23)29)16-3-7-19(8-4-16)30(32)33/h1-12,14,27H,13H2. The third-order valence-corrected chi connectivity index (χ3v) is 5.58. The van der Waals surface area contributed by atoms with Crippen LogP contribution in [0.3, 0.4) is 0 Å². The molecule has 5 rings (SSSR count). The number of H-pyrrole nitrogens is 1. The highest BCUT2D eigenvalue weighted by Gasteiger charge is 2.19. The number of nitro benzene ring substituents is 1. The Labute approximate surface area is 192 Å². The summed E-state index contributed by atoms with van der Waals surface area (Å²) < 4.78 is 1.34. The van der Waals surface area contributed by atoms with Crippen LogP contribution in [0.25, 0.3) is 28.0 Å². The van der Waals surface area contributed by atoms with Crippen LogP contribution in [-0.4, -0.2) is 24.5 Å². The second-order valence-corrected chi connectivity index (χ2v) is 7.88. The molecule has 0 spiro atoms. The number of hydrogen-bond donors (Lipinski definition) is 1. The average molecular weight is 458 g/mol. The molecule has 0 saturated heterocycles. The molecule has 0 amide bonds. The highest BCUT2D eigenvalue weighted by atomic mass is 35.5. The average Bonchev–Trinajstić information content (AvgIpc) is 3.19. The molecule has 0 radical (unpaired) electrons. The van der Waals surface area contributed by atoms with Crippen molar-refractivity contribution in [2.75, 3.05) is 0 Å². The molecule has 3 aromatic heterocycles. The van der Waals surface area contributed by atoms with Crippen LogP contribution in [0.2, 0.25) is 5.02 Å². The lowest BCUT2D eigenvalue weighted by molar-refractivity contribution is -0.384. The minimum absolute atomic E-state index is 0.0204. The van der Waals surface area contributed by atoms with Crippen LogP contribution in [0.15, 0.2) is 83.9 Å². The minimum atomic E-state index is -0.462. The van der Waals surface area contributed by atoms with E-state index < -0.39 is 4.92 Å². The molecule has 8 nitrogen and oxygen atoms in total. The number of aromatic amines is 1. The van der Waals surface area contributed by atoms with Gasteiger partial charge in [-0.2, -0.15) is 9.61 Å². The summed E-state index contributed by atoms with van der Waals surface area (Å²) >= 11 is 6.09. The monoisotopic (exact) mass is 457 g/mol. The Morgan fingerprint density at radius 2 is 1.64 bits per heavy atom. The summed E-state index contributed by atoms with van der Waals surface area (Å²) in [6.07, 6.45) is 3.93. The SMILES string of the molecule is O=c1cc(-c2ccc([N+](=O)[O-])cc2)[nH]c2c(-c3ccc(Cl)cc3)c(Cc3ccncc3)nn12. The van der Waals surface area contributed by atoms with Crippen molar-refractivity contribution in [1.82, 2.24) is 19.6 Å². The molecule has 0 aliphatic carbocycles.